The molecule has 0 aliphatic carbocycles. The quantitative estimate of drug-likeness (QED) is 0.668. The van der Waals surface area contributed by atoms with E-state index in [9.17, 15) is 4.79 Å². The molecule has 19 heavy (non-hydrogen) atoms. The lowest BCUT2D eigenvalue weighted by molar-refractivity contribution is 0.0696. The lowest BCUT2D eigenvalue weighted by Crippen LogP contribution is -1.98. The Kier molecular flexibility index (Phi) is 4.29. The van der Waals surface area contributed by atoms with Crippen molar-refractivity contribution in [3.63, 3.8) is 0 Å². The van der Waals surface area contributed by atoms with Crippen molar-refractivity contribution < 1.29 is 9.90 Å². The maximum Gasteiger partial charge on any atom is 0.337 e. The minimum Gasteiger partial charge on any atom is -0.478 e. The molecule has 0 bridgehead atoms. The molecule has 0 aliphatic rings. The molecule has 6 heteroatoms. The summed E-state index contributed by atoms with van der Waals surface area (Å²) in [6.45, 7) is 0. The first kappa shape index (κ1) is 13.7. The summed E-state index contributed by atoms with van der Waals surface area (Å²) in [5.41, 5.74) is 7.18. The van der Waals surface area contributed by atoms with Gasteiger partial charge in [0.25, 0.3) is 0 Å². The Hall–Kier alpha value is -1.72. The van der Waals surface area contributed by atoms with Crippen LogP contribution in [0.1, 0.15) is 16.1 Å². The van der Waals surface area contributed by atoms with Crippen LogP contribution < -0.4 is 5.73 Å². The summed E-state index contributed by atoms with van der Waals surface area (Å²) in [7, 11) is 0. The summed E-state index contributed by atoms with van der Waals surface area (Å²) in [5.74, 6) is -0.336. The first-order chi connectivity index (χ1) is 9.06. The third-order valence-electron chi connectivity index (χ3n) is 2.43. The fourth-order valence-electron chi connectivity index (χ4n) is 1.39. The van der Waals surface area contributed by atoms with Gasteiger partial charge in [0.2, 0.25) is 0 Å². The Balaban J connectivity index is 2.01. The van der Waals surface area contributed by atoms with Gasteiger partial charge in [-0.2, -0.15) is 0 Å². The SMILES string of the molecule is Nc1ccc(SCc2ccc(C(=O)O)cn2)cc1Cl. The highest BCUT2D eigenvalue weighted by molar-refractivity contribution is 7.98. The molecule has 1 aromatic heterocycles. The molecule has 0 saturated carbocycles. The Morgan fingerprint density at radius 2 is 2.16 bits per heavy atom. The Bertz CT molecular complexity index is 602. The number of thioether (sulfide) groups is 1. The highest BCUT2D eigenvalue weighted by atomic mass is 35.5. The van der Waals surface area contributed by atoms with Crippen molar-refractivity contribution in [1.29, 1.82) is 0 Å². The second-order valence-electron chi connectivity index (χ2n) is 3.82. The van der Waals surface area contributed by atoms with E-state index < -0.39 is 5.97 Å². The number of carboxylic acids is 1. The van der Waals surface area contributed by atoms with Gasteiger partial charge in [-0.15, -0.1) is 11.8 Å². The van der Waals surface area contributed by atoms with E-state index in [2.05, 4.69) is 4.98 Å². The number of benzene rings is 1. The summed E-state index contributed by atoms with van der Waals surface area (Å²) in [5, 5.41) is 9.30. The molecule has 0 aliphatic heterocycles. The van der Waals surface area contributed by atoms with E-state index in [0.717, 1.165) is 10.6 Å². The molecule has 0 saturated heterocycles. The highest BCUT2D eigenvalue weighted by Crippen LogP contribution is 2.28. The van der Waals surface area contributed by atoms with E-state index in [-0.39, 0.29) is 5.56 Å². The first-order valence-electron chi connectivity index (χ1n) is 5.42. The molecular weight excluding hydrogens is 284 g/mol. The summed E-state index contributed by atoms with van der Waals surface area (Å²) < 4.78 is 0. The standard InChI is InChI=1S/C13H11ClN2O2S/c14-11-5-10(3-4-12(11)15)19-7-9-2-1-8(6-16-9)13(17)18/h1-6H,7,15H2,(H,17,18). The van der Waals surface area contributed by atoms with Gasteiger partial charge in [0.1, 0.15) is 0 Å². The lowest BCUT2D eigenvalue weighted by atomic mass is 10.2. The van der Waals surface area contributed by atoms with Crippen LogP contribution in [0.3, 0.4) is 0 Å². The van der Waals surface area contributed by atoms with E-state index in [1.54, 1.807) is 36.0 Å². The van der Waals surface area contributed by atoms with E-state index in [1.165, 1.54) is 6.20 Å². The smallest absolute Gasteiger partial charge is 0.337 e. The summed E-state index contributed by atoms with van der Waals surface area (Å²) in [6.07, 6.45) is 1.36. The van der Waals surface area contributed by atoms with E-state index in [4.69, 9.17) is 22.4 Å². The molecule has 2 rings (SSSR count). The molecule has 0 fully saturated rings. The molecular formula is C13H11ClN2O2S. The van der Waals surface area contributed by atoms with Crippen LogP contribution in [0.4, 0.5) is 5.69 Å². The zero-order valence-electron chi connectivity index (χ0n) is 9.84. The third kappa shape index (κ3) is 3.62. The molecule has 3 N–H and O–H groups in total. The van der Waals surface area contributed by atoms with Crippen molar-refractivity contribution >= 4 is 35.0 Å². The minimum absolute atomic E-state index is 0.185. The molecule has 4 nitrogen and oxygen atoms in total. The van der Waals surface area contributed by atoms with Crippen molar-refractivity contribution in [2.45, 2.75) is 10.6 Å². The van der Waals surface area contributed by atoms with E-state index in [0.29, 0.717) is 16.5 Å². The maximum absolute atomic E-state index is 10.7. The van der Waals surface area contributed by atoms with Crippen LogP contribution in [0.2, 0.25) is 5.02 Å². The van der Waals surface area contributed by atoms with Crippen LogP contribution in [0.5, 0.6) is 0 Å². The molecule has 1 aromatic carbocycles. The molecule has 1 heterocycles. The zero-order valence-corrected chi connectivity index (χ0v) is 11.4. The molecule has 0 radical (unpaired) electrons. The number of aromatic carboxylic acids is 1. The van der Waals surface area contributed by atoms with Crippen molar-refractivity contribution in [2.24, 2.45) is 0 Å². The summed E-state index contributed by atoms with van der Waals surface area (Å²) in [6, 6.07) is 8.69. The van der Waals surface area contributed by atoms with Gasteiger partial charge in [0.15, 0.2) is 0 Å². The van der Waals surface area contributed by atoms with Crippen molar-refractivity contribution in [3.8, 4) is 0 Å². The fraction of sp³-hybridized carbons (Fsp3) is 0.0769. The highest BCUT2D eigenvalue weighted by Gasteiger charge is 2.04. The fourth-order valence-corrected chi connectivity index (χ4v) is 2.49. The van der Waals surface area contributed by atoms with Gasteiger partial charge in [-0.1, -0.05) is 11.6 Å². The van der Waals surface area contributed by atoms with Gasteiger partial charge in [-0.05, 0) is 30.3 Å². The third-order valence-corrected chi connectivity index (χ3v) is 3.79. The van der Waals surface area contributed by atoms with Crippen LogP contribution >= 0.6 is 23.4 Å². The van der Waals surface area contributed by atoms with Crippen molar-refractivity contribution in [2.75, 3.05) is 5.73 Å². The number of carboxylic acid groups (broad SMARTS) is 1. The number of carbonyl (C=O) groups is 1. The van der Waals surface area contributed by atoms with E-state index in [1.807, 2.05) is 6.07 Å². The normalized spacial score (nSPS) is 10.4. The predicted octanol–water partition coefficient (Wildman–Crippen LogP) is 3.31. The van der Waals surface area contributed by atoms with Gasteiger partial charge < -0.3 is 10.8 Å². The van der Waals surface area contributed by atoms with Crippen LogP contribution in [-0.4, -0.2) is 16.1 Å². The molecule has 0 unspecified atom stereocenters. The zero-order chi connectivity index (χ0) is 13.8. The Labute approximate surface area is 119 Å². The van der Waals surface area contributed by atoms with Gasteiger partial charge in [-0.25, -0.2) is 4.79 Å². The molecule has 0 spiro atoms. The molecule has 2 aromatic rings. The lowest BCUT2D eigenvalue weighted by Gasteiger charge is -2.04. The number of nitrogen functional groups attached to an aromatic ring is 1. The summed E-state index contributed by atoms with van der Waals surface area (Å²) >= 11 is 7.49. The first-order valence-corrected chi connectivity index (χ1v) is 6.78. The summed E-state index contributed by atoms with van der Waals surface area (Å²) in [4.78, 5) is 15.8. The largest absolute Gasteiger partial charge is 0.478 e. The van der Waals surface area contributed by atoms with Gasteiger partial charge in [0, 0.05) is 16.8 Å². The average molecular weight is 295 g/mol. The Morgan fingerprint density at radius 3 is 2.74 bits per heavy atom. The topological polar surface area (TPSA) is 76.2 Å². The second kappa shape index (κ2) is 5.95. The van der Waals surface area contributed by atoms with Crippen LogP contribution in [0.15, 0.2) is 41.4 Å². The predicted molar refractivity (Wildman–Crippen MR) is 76.6 cm³/mol. The van der Waals surface area contributed by atoms with Gasteiger partial charge >= 0.3 is 5.97 Å². The second-order valence-corrected chi connectivity index (χ2v) is 5.27. The number of hydrogen-bond acceptors (Lipinski definition) is 4. The van der Waals surface area contributed by atoms with Crippen molar-refractivity contribution in [1.82, 2.24) is 4.98 Å². The van der Waals surface area contributed by atoms with Gasteiger partial charge in [0.05, 0.1) is 22.0 Å². The number of hydrogen-bond donors (Lipinski definition) is 2. The van der Waals surface area contributed by atoms with Crippen LogP contribution in [0.25, 0.3) is 0 Å². The minimum atomic E-state index is -0.975. The van der Waals surface area contributed by atoms with Crippen molar-refractivity contribution in [3.05, 3.63) is 52.8 Å². The number of anilines is 1. The number of pyridine rings is 1. The Morgan fingerprint density at radius 1 is 1.37 bits per heavy atom. The molecule has 0 atom stereocenters. The number of aromatic nitrogens is 1. The maximum atomic E-state index is 10.7. The number of nitrogens with two attached hydrogens (primary N) is 1. The van der Waals surface area contributed by atoms with Crippen LogP contribution in [0, 0.1) is 0 Å². The molecule has 98 valence electrons. The van der Waals surface area contributed by atoms with Crippen LogP contribution in [-0.2, 0) is 5.75 Å². The monoisotopic (exact) mass is 294 g/mol. The number of rotatable bonds is 4. The average Bonchev–Trinajstić information content (AvgIpc) is 2.40. The van der Waals surface area contributed by atoms with Gasteiger partial charge in [-0.3, -0.25) is 4.98 Å². The molecule has 0 amide bonds. The van der Waals surface area contributed by atoms with E-state index >= 15 is 0 Å². The number of halogens is 1. The number of nitrogens with zero attached hydrogens (tertiary/aromatic N) is 1.